The second-order valence-electron chi connectivity index (χ2n) is 7.46. The normalized spacial score (nSPS) is 22.0. The molecule has 23 heavy (non-hydrogen) atoms. The molecule has 138 valence electrons. The third-order valence-electron chi connectivity index (χ3n) is 5.10. The summed E-state index contributed by atoms with van der Waals surface area (Å²) in [4.78, 5) is 0. The Kier molecular flexibility index (Phi) is 13.0. The first-order chi connectivity index (χ1) is 11.3. The molecule has 3 rings (SSSR count). The van der Waals surface area contributed by atoms with Gasteiger partial charge in [-0.15, -0.1) is 0 Å². The van der Waals surface area contributed by atoms with Crippen LogP contribution in [-0.4, -0.2) is 41.2 Å². The van der Waals surface area contributed by atoms with Crippen LogP contribution in [0.25, 0.3) is 0 Å². The van der Waals surface area contributed by atoms with Gasteiger partial charge in [-0.25, -0.2) is 0 Å². The Morgan fingerprint density at radius 3 is 1.04 bits per heavy atom. The highest BCUT2D eigenvalue weighted by Crippen LogP contribution is 2.28. The molecule has 0 N–H and O–H groups in total. The summed E-state index contributed by atoms with van der Waals surface area (Å²) in [6.07, 6.45) is 15.5. The van der Waals surface area contributed by atoms with Crippen LogP contribution in [0.2, 0.25) is 0 Å². The van der Waals surface area contributed by atoms with E-state index in [9.17, 15) is 0 Å². The molecular weight excluding hydrogens is 288 g/mol. The molecule has 3 fully saturated rings. The summed E-state index contributed by atoms with van der Waals surface area (Å²) in [6.45, 7) is 2.96. The highest BCUT2D eigenvalue weighted by molar-refractivity contribution is 4.71. The summed E-state index contributed by atoms with van der Waals surface area (Å²) in [5.41, 5.74) is 0. The summed E-state index contributed by atoms with van der Waals surface area (Å²) in [6, 6.07) is 0. The van der Waals surface area contributed by atoms with Gasteiger partial charge < -0.3 is 14.2 Å². The first kappa shape index (κ1) is 20.9. The molecule has 0 amide bonds. The summed E-state index contributed by atoms with van der Waals surface area (Å²) in [5, 5.41) is 0. The second-order valence-corrected chi connectivity index (χ2v) is 7.46. The van der Waals surface area contributed by atoms with Gasteiger partial charge in [0.1, 0.15) is 0 Å². The Bertz CT molecular complexity index is 239. The smallest absolute Gasteiger partial charge is 0.0490 e. The molecule has 3 saturated carbocycles. The quantitative estimate of drug-likeness (QED) is 0.680. The third kappa shape index (κ3) is 12.0. The standard InChI is InChI=1S/C8H16O.C7H14O.C5H10O/c1-9-7-8-5-3-2-4-6-8;1-8-6-7-4-2-3-5-7;1-6-4-5-2-3-5/h8H,2-7H2,1H3;7H,2-6H2,1H3;5H,2-4H2,1H3. The lowest BCUT2D eigenvalue weighted by molar-refractivity contribution is 0.131. The Morgan fingerprint density at radius 2 is 0.783 bits per heavy atom. The van der Waals surface area contributed by atoms with Crippen LogP contribution in [0.15, 0.2) is 0 Å². The molecule has 0 aromatic carbocycles. The van der Waals surface area contributed by atoms with Crippen molar-refractivity contribution in [3.05, 3.63) is 0 Å². The number of rotatable bonds is 6. The van der Waals surface area contributed by atoms with Crippen molar-refractivity contribution in [1.82, 2.24) is 0 Å². The van der Waals surface area contributed by atoms with E-state index in [4.69, 9.17) is 14.2 Å². The maximum Gasteiger partial charge on any atom is 0.0490 e. The van der Waals surface area contributed by atoms with Gasteiger partial charge in [0.2, 0.25) is 0 Å². The molecule has 3 aliphatic carbocycles. The van der Waals surface area contributed by atoms with E-state index in [2.05, 4.69) is 0 Å². The van der Waals surface area contributed by atoms with E-state index in [-0.39, 0.29) is 0 Å². The van der Waals surface area contributed by atoms with Crippen LogP contribution in [0.5, 0.6) is 0 Å². The fourth-order valence-electron chi connectivity index (χ4n) is 3.52. The first-order valence-corrected chi connectivity index (χ1v) is 9.77. The zero-order chi connectivity index (χ0) is 16.8. The van der Waals surface area contributed by atoms with Crippen molar-refractivity contribution in [3.63, 3.8) is 0 Å². The van der Waals surface area contributed by atoms with E-state index in [0.717, 1.165) is 37.6 Å². The minimum absolute atomic E-state index is 0.878. The molecule has 3 aliphatic rings. The van der Waals surface area contributed by atoms with Crippen molar-refractivity contribution >= 4 is 0 Å². The topological polar surface area (TPSA) is 27.7 Å². The van der Waals surface area contributed by atoms with Gasteiger partial charge >= 0.3 is 0 Å². The number of ether oxygens (including phenoxy) is 3. The second kappa shape index (κ2) is 14.2. The van der Waals surface area contributed by atoms with Gasteiger partial charge in [-0.1, -0.05) is 32.1 Å². The molecule has 0 heterocycles. The van der Waals surface area contributed by atoms with Crippen LogP contribution < -0.4 is 0 Å². The van der Waals surface area contributed by atoms with Gasteiger partial charge in [0.25, 0.3) is 0 Å². The van der Waals surface area contributed by atoms with Crippen molar-refractivity contribution in [1.29, 1.82) is 0 Å². The molecule has 0 atom stereocenters. The van der Waals surface area contributed by atoms with Crippen LogP contribution in [0.1, 0.15) is 70.6 Å². The van der Waals surface area contributed by atoms with E-state index >= 15 is 0 Å². The van der Waals surface area contributed by atoms with E-state index in [1.54, 1.807) is 21.3 Å². The Hall–Kier alpha value is -0.120. The lowest BCUT2D eigenvalue weighted by Crippen LogP contribution is -2.11. The fourth-order valence-corrected chi connectivity index (χ4v) is 3.52. The summed E-state index contributed by atoms with van der Waals surface area (Å²) in [5.74, 6) is 2.69. The Labute approximate surface area is 144 Å². The molecular formula is C20H40O3. The van der Waals surface area contributed by atoms with Gasteiger partial charge in [0.05, 0.1) is 0 Å². The lowest BCUT2D eigenvalue weighted by Gasteiger charge is -2.19. The largest absolute Gasteiger partial charge is 0.384 e. The Morgan fingerprint density at radius 1 is 0.478 bits per heavy atom. The molecule has 0 aliphatic heterocycles. The summed E-state index contributed by atoms with van der Waals surface area (Å²) in [7, 11) is 5.35. The Balaban J connectivity index is 0.000000176. The lowest BCUT2D eigenvalue weighted by atomic mass is 9.90. The molecule has 3 nitrogen and oxygen atoms in total. The molecule has 0 spiro atoms. The van der Waals surface area contributed by atoms with Crippen molar-refractivity contribution in [2.45, 2.75) is 70.6 Å². The van der Waals surface area contributed by atoms with Gasteiger partial charge in [-0.05, 0) is 56.3 Å². The first-order valence-electron chi connectivity index (χ1n) is 9.77. The predicted molar refractivity (Wildman–Crippen MR) is 96.9 cm³/mol. The minimum atomic E-state index is 0.878. The molecule has 0 saturated heterocycles. The third-order valence-corrected chi connectivity index (χ3v) is 5.10. The monoisotopic (exact) mass is 328 g/mol. The van der Waals surface area contributed by atoms with Crippen LogP contribution in [0.4, 0.5) is 0 Å². The maximum atomic E-state index is 5.08. The van der Waals surface area contributed by atoms with E-state index in [0.29, 0.717) is 0 Å². The van der Waals surface area contributed by atoms with Gasteiger partial charge in [0, 0.05) is 41.2 Å². The molecule has 0 unspecified atom stereocenters. The van der Waals surface area contributed by atoms with Gasteiger partial charge in [0.15, 0.2) is 0 Å². The SMILES string of the molecule is COCC1CC1.COCC1CCCC1.COCC1CCCCC1. The average molecular weight is 329 g/mol. The van der Waals surface area contributed by atoms with Crippen LogP contribution in [-0.2, 0) is 14.2 Å². The van der Waals surface area contributed by atoms with Crippen molar-refractivity contribution in [2.24, 2.45) is 17.8 Å². The molecule has 0 bridgehead atoms. The predicted octanol–water partition coefficient (Wildman–Crippen LogP) is 5.08. The van der Waals surface area contributed by atoms with Crippen molar-refractivity contribution in [3.8, 4) is 0 Å². The zero-order valence-corrected chi connectivity index (χ0v) is 15.9. The average Bonchev–Trinajstić information content (AvgIpc) is 3.24. The fraction of sp³-hybridized carbons (Fsp3) is 1.00. The number of hydrogen-bond donors (Lipinski definition) is 0. The van der Waals surface area contributed by atoms with E-state index in [1.807, 2.05) is 0 Å². The van der Waals surface area contributed by atoms with E-state index in [1.165, 1.54) is 70.6 Å². The highest BCUT2D eigenvalue weighted by atomic mass is 16.5. The molecule has 3 heteroatoms. The number of hydrogen-bond acceptors (Lipinski definition) is 3. The maximum absolute atomic E-state index is 5.08. The summed E-state index contributed by atoms with van der Waals surface area (Å²) < 4.78 is 15.0. The molecule has 0 aromatic rings. The van der Waals surface area contributed by atoms with Crippen molar-refractivity contribution < 1.29 is 14.2 Å². The van der Waals surface area contributed by atoms with Gasteiger partial charge in [-0.3, -0.25) is 0 Å². The van der Waals surface area contributed by atoms with Gasteiger partial charge in [-0.2, -0.15) is 0 Å². The zero-order valence-electron chi connectivity index (χ0n) is 15.9. The van der Waals surface area contributed by atoms with Crippen LogP contribution in [0.3, 0.4) is 0 Å². The molecule has 0 aromatic heterocycles. The molecule has 0 radical (unpaired) electrons. The minimum Gasteiger partial charge on any atom is -0.384 e. The van der Waals surface area contributed by atoms with E-state index < -0.39 is 0 Å². The van der Waals surface area contributed by atoms with Crippen LogP contribution >= 0.6 is 0 Å². The highest BCUT2D eigenvalue weighted by Gasteiger charge is 2.20. The summed E-state index contributed by atoms with van der Waals surface area (Å²) >= 11 is 0. The van der Waals surface area contributed by atoms with Crippen molar-refractivity contribution in [2.75, 3.05) is 41.2 Å². The van der Waals surface area contributed by atoms with Crippen LogP contribution in [0, 0.1) is 17.8 Å². The number of methoxy groups -OCH3 is 3.